The Morgan fingerprint density at radius 1 is 0.609 bits per heavy atom. The standard InChI is InChI=1S/C37H39N5O4/c1-27(43)40-20-28-18-31(23-41(25-33-12-6-8-16-38-33)21-29-10-2-4-14-35(29)44)37(46)32(19-28)24-42(26-34-13-7-9-17-39-34)22-30-11-3-5-15-36(30)45/h2-19,44-46H,20-26H2,1H3,(H,40,43). The van der Waals surface area contributed by atoms with Crippen molar-refractivity contribution in [2.45, 2.75) is 52.7 Å². The molecule has 0 aliphatic heterocycles. The molecule has 9 nitrogen and oxygen atoms in total. The molecule has 2 heterocycles. The minimum atomic E-state index is -0.149. The fourth-order valence-electron chi connectivity index (χ4n) is 5.43. The first-order valence-corrected chi connectivity index (χ1v) is 15.2. The Hall–Kier alpha value is -5.25. The molecular formula is C37H39N5O4. The smallest absolute Gasteiger partial charge is 0.217 e. The van der Waals surface area contributed by atoms with Crippen molar-refractivity contribution in [3.05, 3.63) is 149 Å². The van der Waals surface area contributed by atoms with Crippen LogP contribution in [0.4, 0.5) is 0 Å². The maximum Gasteiger partial charge on any atom is 0.217 e. The summed E-state index contributed by atoms with van der Waals surface area (Å²) in [5, 5.41) is 35.8. The number of rotatable bonds is 14. The predicted molar refractivity (Wildman–Crippen MR) is 176 cm³/mol. The van der Waals surface area contributed by atoms with Gasteiger partial charge in [0.15, 0.2) is 0 Å². The molecule has 5 aromatic rings. The molecule has 0 saturated carbocycles. The van der Waals surface area contributed by atoms with Gasteiger partial charge in [0.1, 0.15) is 17.2 Å². The van der Waals surface area contributed by atoms with E-state index in [4.69, 9.17) is 0 Å². The van der Waals surface area contributed by atoms with Crippen LogP contribution < -0.4 is 5.32 Å². The topological polar surface area (TPSA) is 122 Å². The lowest BCUT2D eigenvalue weighted by atomic mass is 10.0. The number of carbonyl (C=O) groups excluding carboxylic acids is 1. The molecule has 0 spiro atoms. The minimum absolute atomic E-state index is 0.149. The number of nitrogens with one attached hydrogen (secondary N) is 1. The van der Waals surface area contributed by atoms with Crippen molar-refractivity contribution in [3.8, 4) is 17.2 Å². The highest BCUT2D eigenvalue weighted by molar-refractivity contribution is 5.72. The number of phenols is 3. The zero-order valence-corrected chi connectivity index (χ0v) is 25.9. The lowest BCUT2D eigenvalue weighted by molar-refractivity contribution is -0.119. The Kier molecular flexibility index (Phi) is 10.9. The Labute approximate surface area is 269 Å². The van der Waals surface area contributed by atoms with Crippen LogP contribution in [0.1, 0.15) is 46.1 Å². The number of benzene rings is 3. The monoisotopic (exact) mass is 617 g/mol. The van der Waals surface area contributed by atoms with E-state index in [9.17, 15) is 20.1 Å². The van der Waals surface area contributed by atoms with Crippen LogP contribution in [0.25, 0.3) is 0 Å². The number of phenolic OH excluding ortho intramolecular Hbond substituents is 3. The van der Waals surface area contributed by atoms with Gasteiger partial charge in [0.25, 0.3) is 0 Å². The van der Waals surface area contributed by atoms with Crippen LogP contribution in [0.5, 0.6) is 17.2 Å². The first-order valence-electron chi connectivity index (χ1n) is 15.2. The number of carbonyl (C=O) groups is 1. The van der Waals surface area contributed by atoms with Gasteiger partial charge in [-0.1, -0.05) is 48.5 Å². The number of hydrogen-bond donors (Lipinski definition) is 4. The number of aromatic hydroxyl groups is 3. The van der Waals surface area contributed by atoms with Crippen molar-refractivity contribution in [3.63, 3.8) is 0 Å². The highest BCUT2D eigenvalue weighted by atomic mass is 16.3. The second-order valence-corrected chi connectivity index (χ2v) is 11.4. The van der Waals surface area contributed by atoms with Crippen molar-refractivity contribution in [2.75, 3.05) is 0 Å². The van der Waals surface area contributed by atoms with E-state index in [2.05, 4.69) is 25.1 Å². The van der Waals surface area contributed by atoms with E-state index < -0.39 is 0 Å². The molecule has 2 aromatic heterocycles. The van der Waals surface area contributed by atoms with Crippen LogP contribution in [0.15, 0.2) is 109 Å². The predicted octanol–water partition coefficient (Wildman–Crippen LogP) is 5.63. The average Bonchev–Trinajstić information content (AvgIpc) is 3.05. The molecule has 0 bridgehead atoms. The van der Waals surface area contributed by atoms with Crippen molar-refractivity contribution >= 4 is 5.91 Å². The van der Waals surface area contributed by atoms with E-state index in [0.29, 0.717) is 56.9 Å². The lowest BCUT2D eigenvalue weighted by Crippen LogP contribution is -2.25. The molecule has 0 atom stereocenters. The van der Waals surface area contributed by atoms with Crippen LogP contribution in [-0.2, 0) is 50.6 Å². The molecule has 1 amide bonds. The van der Waals surface area contributed by atoms with Crippen LogP contribution in [0, 0.1) is 0 Å². The van der Waals surface area contributed by atoms with Gasteiger partial charge in [0, 0.05) is 87.4 Å². The zero-order chi connectivity index (χ0) is 32.3. The highest BCUT2D eigenvalue weighted by Gasteiger charge is 2.19. The summed E-state index contributed by atoms with van der Waals surface area (Å²) < 4.78 is 0. The Morgan fingerprint density at radius 3 is 1.46 bits per heavy atom. The van der Waals surface area contributed by atoms with Gasteiger partial charge >= 0.3 is 0 Å². The van der Waals surface area contributed by atoms with Gasteiger partial charge in [0.2, 0.25) is 5.91 Å². The second kappa shape index (κ2) is 15.7. The fourth-order valence-corrected chi connectivity index (χ4v) is 5.43. The molecule has 236 valence electrons. The van der Waals surface area contributed by atoms with Crippen molar-refractivity contribution in [2.24, 2.45) is 0 Å². The summed E-state index contributed by atoms with van der Waals surface area (Å²) in [5.74, 6) is 0.404. The zero-order valence-electron chi connectivity index (χ0n) is 25.9. The third-order valence-electron chi connectivity index (χ3n) is 7.65. The molecule has 3 aromatic carbocycles. The van der Waals surface area contributed by atoms with Gasteiger partial charge in [-0.25, -0.2) is 0 Å². The molecule has 0 unspecified atom stereocenters. The number of pyridine rings is 2. The summed E-state index contributed by atoms with van der Waals surface area (Å²) in [6.07, 6.45) is 3.50. The summed E-state index contributed by atoms with van der Waals surface area (Å²) >= 11 is 0. The van der Waals surface area contributed by atoms with E-state index in [-0.39, 0.29) is 23.2 Å². The van der Waals surface area contributed by atoms with Crippen LogP contribution in [0.2, 0.25) is 0 Å². The Balaban J connectivity index is 1.49. The van der Waals surface area contributed by atoms with Crippen molar-refractivity contribution in [1.29, 1.82) is 0 Å². The van der Waals surface area contributed by atoms with Gasteiger partial charge in [-0.05, 0) is 54.1 Å². The van der Waals surface area contributed by atoms with Crippen LogP contribution in [-0.4, -0.2) is 41.0 Å². The van der Waals surface area contributed by atoms with Gasteiger partial charge < -0.3 is 20.6 Å². The van der Waals surface area contributed by atoms with Crippen molar-refractivity contribution < 1.29 is 20.1 Å². The van der Waals surface area contributed by atoms with Gasteiger partial charge in [0.05, 0.1) is 11.4 Å². The molecule has 9 heteroatoms. The fraction of sp³-hybridized carbons (Fsp3) is 0.216. The van der Waals surface area contributed by atoms with E-state index in [1.165, 1.54) is 6.92 Å². The first-order chi connectivity index (χ1) is 22.3. The number of amides is 1. The number of aromatic nitrogens is 2. The quantitative estimate of drug-likeness (QED) is 0.126. The Bertz CT molecular complexity index is 1620. The van der Waals surface area contributed by atoms with E-state index in [1.807, 2.05) is 72.8 Å². The SMILES string of the molecule is CC(=O)NCc1cc(CN(Cc2ccccn2)Cc2ccccc2O)c(O)c(CN(Cc2ccccn2)Cc2ccccc2O)c1. The number of hydrogen-bond acceptors (Lipinski definition) is 8. The van der Waals surface area contributed by atoms with Crippen molar-refractivity contribution in [1.82, 2.24) is 25.1 Å². The Morgan fingerprint density at radius 2 is 1.04 bits per heavy atom. The molecule has 0 aliphatic rings. The summed E-state index contributed by atoms with van der Waals surface area (Å²) in [6.45, 7) is 4.31. The maximum absolute atomic E-state index is 11.8. The molecule has 0 fully saturated rings. The van der Waals surface area contributed by atoms with Gasteiger partial charge in [-0.15, -0.1) is 0 Å². The summed E-state index contributed by atoms with van der Waals surface area (Å²) in [6, 6.07) is 29.8. The molecule has 4 N–H and O–H groups in total. The molecule has 0 saturated heterocycles. The largest absolute Gasteiger partial charge is 0.508 e. The normalized spacial score (nSPS) is 11.2. The van der Waals surface area contributed by atoms with Crippen LogP contribution >= 0.6 is 0 Å². The minimum Gasteiger partial charge on any atom is -0.508 e. The van der Waals surface area contributed by atoms with Gasteiger partial charge in [-0.2, -0.15) is 0 Å². The highest BCUT2D eigenvalue weighted by Crippen LogP contribution is 2.31. The summed E-state index contributed by atoms with van der Waals surface area (Å²) in [7, 11) is 0. The van der Waals surface area contributed by atoms with Gasteiger partial charge in [-0.3, -0.25) is 24.6 Å². The summed E-state index contributed by atoms with van der Waals surface area (Å²) in [5.41, 5.74) is 5.45. The number of para-hydroxylation sites is 2. The third-order valence-corrected chi connectivity index (χ3v) is 7.65. The molecule has 0 aliphatic carbocycles. The third kappa shape index (κ3) is 9.13. The summed E-state index contributed by atoms with van der Waals surface area (Å²) in [4.78, 5) is 25.1. The molecule has 0 radical (unpaired) electrons. The molecular weight excluding hydrogens is 578 g/mol. The number of nitrogens with zero attached hydrogens (tertiary/aromatic N) is 4. The maximum atomic E-state index is 11.8. The second-order valence-electron chi connectivity index (χ2n) is 11.4. The van der Waals surface area contributed by atoms with E-state index >= 15 is 0 Å². The lowest BCUT2D eigenvalue weighted by Gasteiger charge is -2.26. The van der Waals surface area contributed by atoms with E-state index in [0.717, 1.165) is 28.1 Å². The first kappa shape index (κ1) is 32.2. The molecule has 5 rings (SSSR count). The van der Waals surface area contributed by atoms with E-state index in [1.54, 1.807) is 36.7 Å². The molecule has 46 heavy (non-hydrogen) atoms. The average molecular weight is 618 g/mol. The van der Waals surface area contributed by atoms with Crippen LogP contribution in [0.3, 0.4) is 0 Å².